The Morgan fingerprint density at radius 2 is 1.16 bits per heavy atom. The summed E-state index contributed by atoms with van der Waals surface area (Å²) in [5, 5.41) is 2.58. The molecule has 0 radical (unpaired) electrons. The fraction of sp³-hybridized carbons (Fsp3) is 0.0870. The van der Waals surface area contributed by atoms with Gasteiger partial charge in [-0.15, -0.1) is 0 Å². The molecule has 0 spiro atoms. The maximum atomic E-state index is 9.87. The van der Waals surface area contributed by atoms with Gasteiger partial charge in [-0.1, -0.05) is 72.8 Å². The largest absolute Gasteiger partial charge is 0.271 e. The van der Waals surface area contributed by atoms with E-state index in [2.05, 4.69) is 78.9 Å². The summed E-state index contributed by atoms with van der Waals surface area (Å²) in [5.41, 5.74) is 3.72. The van der Waals surface area contributed by atoms with Crippen molar-refractivity contribution in [3.63, 3.8) is 0 Å². The number of pyridine rings is 1. The molecule has 4 aromatic rings. The quantitative estimate of drug-likeness (QED) is 0.164. The molecule has 170 valence electrons. The number of fused-ring (bicyclic) bond motifs is 1. The van der Waals surface area contributed by atoms with Crippen LogP contribution in [0.15, 0.2) is 97.3 Å². The molecule has 0 saturated heterocycles. The normalized spacial score (nSPS) is 13.4. The Kier molecular flexibility index (Phi) is 6.20. The average Bonchev–Trinajstić information content (AvgIpc) is 2.73. The summed E-state index contributed by atoms with van der Waals surface area (Å²) in [7, 11) is -10.7. The molecule has 1 heterocycles. The molecular formula is C23H20F6NOP. The second kappa shape index (κ2) is 8.43. The Labute approximate surface area is 180 Å². The summed E-state index contributed by atoms with van der Waals surface area (Å²) in [6.07, 6.45) is 4.81. The van der Waals surface area contributed by atoms with E-state index in [-0.39, 0.29) is 0 Å². The van der Waals surface area contributed by atoms with Crippen molar-refractivity contribution in [3.05, 3.63) is 103 Å². The van der Waals surface area contributed by atoms with Crippen molar-refractivity contribution in [2.45, 2.75) is 6.42 Å². The molecule has 0 aliphatic heterocycles. The Balaban J connectivity index is 0.000000360. The van der Waals surface area contributed by atoms with E-state index in [0.29, 0.717) is 6.61 Å². The van der Waals surface area contributed by atoms with Crippen molar-refractivity contribution in [1.29, 1.82) is 0 Å². The van der Waals surface area contributed by atoms with Crippen molar-refractivity contribution in [3.8, 4) is 11.1 Å². The summed E-state index contributed by atoms with van der Waals surface area (Å²) in [6.45, 7) is 0.642. The minimum Gasteiger partial charge on any atom is -0.271 e. The Bertz CT molecular complexity index is 1160. The first-order chi connectivity index (χ1) is 14.8. The van der Waals surface area contributed by atoms with Crippen LogP contribution in [0.1, 0.15) is 5.56 Å². The van der Waals surface area contributed by atoms with Gasteiger partial charge in [0.15, 0.2) is 6.61 Å². The van der Waals surface area contributed by atoms with E-state index in [1.165, 1.54) is 27.5 Å². The Hall–Kier alpha value is -3.12. The predicted octanol–water partition coefficient (Wildman–Crippen LogP) is 7.85. The Morgan fingerprint density at radius 1 is 0.625 bits per heavy atom. The number of aromatic nitrogens is 1. The van der Waals surface area contributed by atoms with Crippen molar-refractivity contribution >= 4 is 18.6 Å². The molecule has 2 nitrogen and oxygen atoms in total. The topological polar surface area (TPSA) is 13.1 Å². The van der Waals surface area contributed by atoms with E-state index in [0.717, 1.165) is 6.42 Å². The van der Waals surface area contributed by atoms with Crippen LogP contribution in [0.4, 0.5) is 25.2 Å². The second-order valence-corrected chi connectivity index (χ2v) is 8.91. The molecular weight excluding hydrogens is 451 g/mol. The van der Waals surface area contributed by atoms with Crippen molar-refractivity contribution < 1.29 is 34.7 Å². The summed E-state index contributed by atoms with van der Waals surface area (Å²) in [4.78, 5) is 5.87. The fourth-order valence-corrected chi connectivity index (χ4v) is 3.09. The molecule has 0 bridgehead atoms. The molecule has 4 rings (SSSR count). The molecule has 0 aliphatic carbocycles. The van der Waals surface area contributed by atoms with Gasteiger partial charge in [-0.3, -0.25) is 4.84 Å². The summed E-state index contributed by atoms with van der Waals surface area (Å²) < 4.78 is 61.0. The minimum atomic E-state index is -10.7. The van der Waals surface area contributed by atoms with Gasteiger partial charge in [0.2, 0.25) is 12.4 Å². The number of halogens is 6. The summed E-state index contributed by atoms with van der Waals surface area (Å²) in [5.74, 6) is 0. The maximum absolute atomic E-state index is 10.7. The van der Waals surface area contributed by atoms with E-state index < -0.39 is 7.81 Å². The van der Waals surface area contributed by atoms with E-state index in [1.807, 2.05) is 18.5 Å². The van der Waals surface area contributed by atoms with Gasteiger partial charge < -0.3 is 0 Å². The van der Waals surface area contributed by atoms with Gasteiger partial charge in [-0.2, -0.15) is 0 Å². The molecule has 0 fully saturated rings. The predicted molar refractivity (Wildman–Crippen MR) is 115 cm³/mol. The zero-order valence-corrected chi connectivity index (χ0v) is 17.6. The first-order valence-electron chi connectivity index (χ1n) is 9.58. The van der Waals surface area contributed by atoms with E-state index in [1.54, 1.807) is 4.73 Å². The van der Waals surface area contributed by atoms with E-state index in [4.69, 9.17) is 4.84 Å². The van der Waals surface area contributed by atoms with Crippen LogP contribution < -0.4 is 9.57 Å². The van der Waals surface area contributed by atoms with Crippen LogP contribution in [-0.2, 0) is 6.42 Å². The maximum Gasteiger partial charge on any atom is 0.223 e. The molecule has 1 aromatic heterocycles. The number of hydrogen-bond acceptors (Lipinski definition) is 1. The van der Waals surface area contributed by atoms with Gasteiger partial charge in [0, 0.05) is 23.3 Å². The van der Waals surface area contributed by atoms with Gasteiger partial charge in [0.25, 0.3) is 0 Å². The third-order valence-corrected chi connectivity index (χ3v) is 4.40. The van der Waals surface area contributed by atoms with Gasteiger partial charge in [0.1, 0.15) is 0 Å². The zero-order valence-electron chi connectivity index (χ0n) is 16.7. The van der Waals surface area contributed by atoms with Crippen molar-refractivity contribution in [1.82, 2.24) is 0 Å². The van der Waals surface area contributed by atoms with E-state index >= 15 is 0 Å². The standard InChI is InChI=1S/C23H20NO.F6P/c1-2-7-19(8-3-1)20-13-16-24(17-14-20)25-18-15-22-11-6-10-21-9-4-5-12-23(21)22;1-7(2,3,4,5)6/h1-14,16-17H,15,18H2;/q+1;-1. The Morgan fingerprint density at radius 3 is 1.81 bits per heavy atom. The number of benzene rings is 3. The van der Waals surface area contributed by atoms with Crippen LogP contribution in [0.5, 0.6) is 0 Å². The van der Waals surface area contributed by atoms with Crippen molar-refractivity contribution in [2.75, 3.05) is 6.61 Å². The van der Waals surface area contributed by atoms with Crippen LogP contribution in [0.2, 0.25) is 0 Å². The first kappa shape index (κ1) is 23.5. The SMILES string of the molecule is F[P-](F)(F)(F)(F)F.c1ccc(-c2cc[n+](OCCc3cccc4ccccc34)cc2)cc1. The fourth-order valence-electron chi connectivity index (χ4n) is 3.09. The average molecular weight is 471 g/mol. The van der Waals surface area contributed by atoms with E-state index in [9.17, 15) is 25.2 Å². The monoisotopic (exact) mass is 471 g/mol. The molecule has 0 N–H and O–H groups in total. The first-order valence-corrected chi connectivity index (χ1v) is 11.6. The molecule has 3 aromatic carbocycles. The summed E-state index contributed by atoms with van der Waals surface area (Å²) in [6, 6.07) is 29.4. The third kappa shape index (κ3) is 8.55. The molecule has 0 aliphatic rings. The molecule has 0 amide bonds. The third-order valence-electron chi connectivity index (χ3n) is 4.40. The molecule has 0 atom stereocenters. The smallest absolute Gasteiger partial charge is 0.223 e. The molecule has 32 heavy (non-hydrogen) atoms. The number of nitrogens with zero attached hydrogens (tertiary/aromatic N) is 1. The van der Waals surface area contributed by atoms with Gasteiger partial charge in [0.05, 0.1) is 0 Å². The van der Waals surface area contributed by atoms with Crippen LogP contribution in [0, 0.1) is 0 Å². The summed E-state index contributed by atoms with van der Waals surface area (Å²) >= 11 is 0. The molecule has 0 unspecified atom stereocenters. The number of hydrogen-bond donors (Lipinski definition) is 0. The number of rotatable bonds is 5. The second-order valence-electron chi connectivity index (χ2n) is 6.99. The van der Waals surface area contributed by atoms with Crippen LogP contribution in [-0.4, -0.2) is 6.61 Å². The van der Waals surface area contributed by atoms with Gasteiger partial charge in [-0.25, -0.2) is 0 Å². The van der Waals surface area contributed by atoms with Crippen molar-refractivity contribution in [2.24, 2.45) is 0 Å². The van der Waals surface area contributed by atoms with Crippen LogP contribution in [0.25, 0.3) is 21.9 Å². The van der Waals surface area contributed by atoms with Crippen LogP contribution in [0.3, 0.4) is 0 Å². The molecule has 9 heteroatoms. The van der Waals surface area contributed by atoms with Crippen LogP contribution >= 0.6 is 7.81 Å². The minimum absolute atomic E-state index is 0.642. The van der Waals surface area contributed by atoms with Gasteiger partial charge in [-0.05, 0) is 27.5 Å². The van der Waals surface area contributed by atoms with Gasteiger partial charge >= 0.3 is 33.0 Å². The zero-order chi connectivity index (χ0) is 23.3. The molecule has 0 saturated carbocycles.